The average molecular weight is 464 g/mol. The molecular weight excluding hydrogens is 441 g/mol. The molecule has 0 amide bonds. The molecule has 0 spiro atoms. The fourth-order valence-electron chi connectivity index (χ4n) is 2.92. The van der Waals surface area contributed by atoms with Gasteiger partial charge in [0, 0.05) is 6.07 Å². The molecule has 0 aliphatic heterocycles. The number of rotatable bonds is 7. The zero-order valence-electron chi connectivity index (χ0n) is 18.5. The van der Waals surface area contributed by atoms with E-state index >= 15 is 0 Å². The van der Waals surface area contributed by atoms with Crippen LogP contribution in [0.3, 0.4) is 0 Å². The number of carbonyl (C=O) groups is 1. The van der Waals surface area contributed by atoms with Gasteiger partial charge in [-0.3, -0.25) is 4.79 Å². The lowest BCUT2D eigenvalue weighted by molar-refractivity contribution is -0.154. The number of halogens is 3. The molecule has 1 aromatic heterocycles. The minimum absolute atomic E-state index is 0.0418. The Balaban J connectivity index is 1.98. The molecule has 2 aromatic carbocycles. The van der Waals surface area contributed by atoms with Gasteiger partial charge in [-0.15, -0.1) is 0 Å². The lowest BCUT2D eigenvalue weighted by Crippen LogP contribution is -2.27. The summed E-state index contributed by atoms with van der Waals surface area (Å²) in [6.07, 6.45) is -6.00. The topological polar surface area (TPSA) is 75.0 Å². The van der Waals surface area contributed by atoms with Gasteiger partial charge in [0.25, 0.3) is 5.76 Å². The van der Waals surface area contributed by atoms with E-state index in [0.717, 1.165) is 11.6 Å². The third-order valence-electron chi connectivity index (χ3n) is 4.49. The van der Waals surface area contributed by atoms with E-state index < -0.39 is 35.2 Å². The maximum Gasteiger partial charge on any atom is 0.453 e. The Labute approximate surface area is 187 Å². The second kappa shape index (κ2) is 9.56. The molecule has 1 heterocycles. The molecule has 176 valence electrons. The molecule has 33 heavy (non-hydrogen) atoms. The minimum atomic E-state index is -4.99. The Morgan fingerprint density at radius 2 is 1.79 bits per heavy atom. The number of benzene rings is 2. The second-order valence-corrected chi connectivity index (χ2v) is 7.95. The Morgan fingerprint density at radius 1 is 1.06 bits per heavy atom. The summed E-state index contributed by atoms with van der Waals surface area (Å²) in [5.41, 5.74) is -0.598. The van der Waals surface area contributed by atoms with Crippen LogP contribution in [0, 0.1) is 12.8 Å². The number of hydrogen-bond donors (Lipinski definition) is 0. The predicted octanol–water partition coefficient (Wildman–Crippen LogP) is 5.88. The third-order valence-corrected chi connectivity index (χ3v) is 4.49. The minimum Gasteiger partial charge on any atom is -0.479 e. The van der Waals surface area contributed by atoms with Crippen molar-refractivity contribution in [2.24, 2.45) is 5.92 Å². The van der Waals surface area contributed by atoms with Crippen molar-refractivity contribution in [2.75, 3.05) is 6.61 Å². The molecule has 0 radical (unpaired) electrons. The molecule has 6 nitrogen and oxygen atoms in total. The second-order valence-electron chi connectivity index (χ2n) is 7.95. The molecule has 1 atom stereocenters. The van der Waals surface area contributed by atoms with Crippen molar-refractivity contribution in [3.8, 4) is 17.2 Å². The van der Waals surface area contributed by atoms with E-state index in [1.807, 2.05) is 13.8 Å². The van der Waals surface area contributed by atoms with Crippen molar-refractivity contribution in [1.82, 2.24) is 0 Å². The van der Waals surface area contributed by atoms with Gasteiger partial charge in [0.1, 0.15) is 17.1 Å². The van der Waals surface area contributed by atoms with Gasteiger partial charge in [0.05, 0.1) is 12.0 Å². The number of fused-ring (bicyclic) bond motifs is 1. The van der Waals surface area contributed by atoms with Crippen LogP contribution in [0.4, 0.5) is 13.2 Å². The first kappa shape index (κ1) is 24.2. The molecule has 0 bridgehead atoms. The van der Waals surface area contributed by atoms with Crippen molar-refractivity contribution >= 4 is 16.9 Å². The van der Waals surface area contributed by atoms with E-state index in [4.69, 9.17) is 18.6 Å². The van der Waals surface area contributed by atoms with Crippen molar-refractivity contribution in [1.29, 1.82) is 0 Å². The fraction of sp³-hybridized carbons (Fsp3) is 0.333. The summed E-state index contributed by atoms with van der Waals surface area (Å²) in [5.74, 6) is -2.90. The van der Waals surface area contributed by atoms with Crippen LogP contribution in [-0.4, -0.2) is 18.7 Å². The van der Waals surface area contributed by atoms with Gasteiger partial charge in [-0.25, -0.2) is 4.79 Å². The van der Waals surface area contributed by atoms with E-state index in [1.165, 1.54) is 31.2 Å². The number of aryl methyl sites for hydroxylation is 1. The number of hydrogen-bond acceptors (Lipinski definition) is 6. The highest BCUT2D eigenvalue weighted by molar-refractivity contribution is 5.80. The molecule has 0 fully saturated rings. The Bertz CT molecular complexity index is 1210. The maximum absolute atomic E-state index is 13.7. The summed E-state index contributed by atoms with van der Waals surface area (Å²) in [6, 6.07) is 10.0. The van der Waals surface area contributed by atoms with E-state index in [1.54, 1.807) is 19.1 Å². The summed E-state index contributed by atoms with van der Waals surface area (Å²) in [6.45, 7) is 7.14. The summed E-state index contributed by atoms with van der Waals surface area (Å²) < 4.78 is 62.0. The van der Waals surface area contributed by atoms with Gasteiger partial charge in [-0.1, -0.05) is 26.0 Å². The smallest absolute Gasteiger partial charge is 0.453 e. The third kappa shape index (κ3) is 5.85. The maximum atomic E-state index is 13.7. The molecule has 3 rings (SSSR count). The molecule has 0 N–H and O–H groups in total. The lowest BCUT2D eigenvalue weighted by Gasteiger charge is -2.16. The van der Waals surface area contributed by atoms with Crippen LogP contribution in [0.1, 0.15) is 32.1 Å². The highest BCUT2D eigenvalue weighted by Gasteiger charge is 2.40. The largest absolute Gasteiger partial charge is 0.479 e. The molecule has 0 saturated heterocycles. The normalized spacial score (nSPS) is 12.6. The first-order chi connectivity index (χ1) is 15.5. The predicted molar refractivity (Wildman–Crippen MR) is 115 cm³/mol. The van der Waals surface area contributed by atoms with Gasteiger partial charge in [0.2, 0.25) is 11.2 Å². The molecule has 0 aliphatic carbocycles. The SMILES string of the molecule is Cc1cccc(Oc2c(C(F)(F)F)oc3cc(O[C@H](C)C(=O)OCC(C)C)ccc3c2=O)c1. The summed E-state index contributed by atoms with van der Waals surface area (Å²) >= 11 is 0. The molecule has 0 saturated carbocycles. The van der Waals surface area contributed by atoms with Gasteiger partial charge < -0.3 is 18.6 Å². The lowest BCUT2D eigenvalue weighted by atomic mass is 10.2. The van der Waals surface area contributed by atoms with Gasteiger partial charge in [-0.2, -0.15) is 13.2 Å². The van der Waals surface area contributed by atoms with Crippen LogP contribution in [-0.2, 0) is 15.7 Å². The molecule has 9 heteroatoms. The summed E-state index contributed by atoms with van der Waals surface area (Å²) in [5, 5.41) is -0.131. The molecular formula is C24H23F3O6. The van der Waals surface area contributed by atoms with Crippen LogP contribution >= 0.6 is 0 Å². The van der Waals surface area contributed by atoms with Crippen LogP contribution in [0.5, 0.6) is 17.2 Å². The average Bonchev–Trinajstić information content (AvgIpc) is 2.73. The van der Waals surface area contributed by atoms with Crippen LogP contribution in [0.2, 0.25) is 0 Å². The standard InChI is InChI=1S/C24H23F3O6/c1-13(2)12-30-23(29)15(4)31-17-8-9-18-19(11-17)33-22(24(25,26)27)21(20(18)28)32-16-7-5-6-14(3)10-16/h5-11,13,15H,12H2,1-4H3/t15-/m1/s1. The van der Waals surface area contributed by atoms with Crippen molar-refractivity contribution in [3.05, 3.63) is 64.0 Å². The molecule has 0 unspecified atom stereocenters. The van der Waals surface area contributed by atoms with Crippen molar-refractivity contribution in [2.45, 2.75) is 40.0 Å². The van der Waals surface area contributed by atoms with Crippen molar-refractivity contribution in [3.63, 3.8) is 0 Å². The first-order valence-corrected chi connectivity index (χ1v) is 10.2. The zero-order valence-corrected chi connectivity index (χ0v) is 18.5. The summed E-state index contributed by atoms with van der Waals surface area (Å²) in [7, 11) is 0. The fourth-order valence-corrected chi connectivity index (χ4v) is 2.92. The van der Waals surface area contributed by atoms with Crippen LogP contribution < -0.4 is 14.9 Å². The van der Waals surface area contributed by atoms with Gasteiger partial charge in [-0.05, 0) is 49.6 Å². The quantitative estimate of drug-likeness (QED) is 0.407. The van der Waals surface area contributed by atoms with E-state index in [-0.39, 0.29) is 35.0 Å². The summed E-state index contributed by atoms with van der Waals surface area (Å²) in [4.78, 5) is 24.9. The van der Waals surface area contributed by atoms with E-state index in [2.05, 4.69) is 0 Å². The first-order valence-electron chi connectivity index (χ1n) is 10.2. The van der Waals surface area contributed by atoms with E-state index in [9.17, 15) is 22.8 Å². The molecule has 3 aromatic rings. The molecule has 0 aliphatic rings. The highest BCUT2D eigenvalue weighted by atomic mass is 19.4. The van der Waals surface area contributed by atoms with Gasteiger partial charge >= 0.3 is 12.1 Å². The number of carbonyl (C=O) groups excluding carboxylic acids is 1. The number of alkyl halides is 3. The number of esters is 1. The Hall–Kier alpha value is -3.49. The monoisotopic (exact) mass is 464 g/mol. The van der Waals surface area contributed by atoms with Crippen LogP contribution in [0.15, 0.2) is 51.7 Å². The Kier molecular flexibility index (Phi) is 7.00. The number of ether oxygens (including phenoxy) is 3. The van der Waals surface area contributed by atoms with Crippen molar-refractivity contribution < 1.29 is 36.6 Å². The van der Waals surface area contributed by atoms with E-state index in [0.29, 0.717) is 0 Å². The van der Waals surface area contributed by atoms with Gasteiger partial charge in [0.15, 0.2) is 6.10 Å². The zero-order chi connectivity index (χ0) is 24.3. The van der Waals surface area contributed by atoms with Crippen LogP contribution in [0.25, 0.3) is 11.0 Å². The Morgan fingerprint density at radius 3 is 2.42 bits per heavy atom. The highest BCUT2D eigenvalue weighted by Crippen LogP contribution is 2.38.